The predicted octanol–water partition coefficient (Wildman–Crippen LogP) is 3.08. The fourth-order valence-corrected chi connectivity index (χ4v) is 2.95. The minimum absolute atomic E-state index is 0.491. The van der Waals surface area contributed by atoms with Crippen molar-refractivity contribution in [3.8, 4) is 0 Å². The van der Waals surface area contributed by atoms with Crippen LogP contribution in [0, 0.1) is 12.8 Å². The van der Waals surface area contributed by atoms with E-state index in [1.54, 1.807) is 11.5 Å². The molecule has 0 radical (unpaired) electrons. The topological polar surface area (TPSA) is 37.8 Å². The van der Waals surface area contributed by atoms with E-state index in [-0.39, 0.29) is 0 Å². The van der Waals surface area contributed by atoms with Crippen LogP contribution < -0.4 is 5.32 Å². The summed E-state index contributed by atoms with van der Waals surface area (Å²) in [5.74, 6) is 0.927. The van der Waals surface area contributed by atoms with Crippen LogP contribution >= 0.6 is 11.5 Å². The van der Waals surface area contributed by atoms with E-state index in [4.69, 9.17) is 0 Å². The van der Waals surface area contributed by atoms with Crippen LogP contribution in [0.4, 0.5) is 0 Å². The van der Waals surface area contributed by atoms with E-state index in [0.29, 0.717) is 6.04 Å². The lowest BCUT2D eigenvalue weighted by Gasteiger charge is -2.29. The standard InChI is InChI=1S/C12H21N3S/c1-3-7-13-11(8-10-5-4-6-10)12-9(2)14-15-16-12/h10-11,13H,3-8H2,1-2H3. The Morgan fingerprint density at radius 1 is 1.50 bits per heavy atom. The number of nitrogens with one attached hydrogen (secondary N) is 1. The minimum atomic E-state index is 0.491. The Hall–Kier alpha value is -0.480. The molecule has 1 aromatic rings. The molecule has 1 aliphatic carbocycles. The second-order valence-corrected chi connectivity index (χ2v) is 5.55. The zero-order chi connectivity index (χ0) is 11.4. The van der Waals surface area contributed by atoms with Gasteiger partial charge in [-0.25, -0.2) is 0 Å². The van der Waals surface area contributed by atoms with Gasteiger partial charge in [-0.3, -0.25) is 0 Å². The first-order valence-corrected chi connectivity index (χ1v) is 7.10. The van der Waals surface area contributed by atoms with Gasteiger partial charge in [0.25, 0.3) is 0 Å². The van der Waals surface area contributed by atoms with E-state index >= 15 is 0 Å². The summed E-state index contributed by atoms with van der Waals surface area (Å²) in [6.45, 7) is 5.38. The first-order chi connectivity index (χ1) is 7.81. The highest BCUT2D eigenvalue weighted by Crippen LogP contribution is 2.36. The number of aryl methyl sites for hydroxylation is 1. The molecule has 1 unspecified atom stereocenters. The van der Waals surface area contributed by atoms with Gasteiger partial charge in [-0.15, -0.1) is 5.10 Å². The highest BCUT2D eigenvalue weighted by Gasteiger charge is 2.25. The summed E-state index contributed by atoms with van der Waals surface area (Å²) >= 11 is 1.56. The average Bonchev–Trinajstić information content (AvgIpc) is 2.62. The van der Waals surface area contributed by atoms with Gasteiger partial charge >= 0.3 is 0 Å². The van der Waals surface area contributed by atoms with Gasteiger partial charge in [-0.05, 0) is 43.8 Å². The molecular weight excluding hydrogens is 218 g/mol. The van der Waals surface area contributed by atoms with Crippen LogP contribution in [0.3, 0.4) is 0 Å². The highest BCUT2D eigenvalue weighted by molar-refractivity contribution is 7.05. The van der Waals surface area contributed by atoms with Crippen molar-refractivity contribution in [2.75, 3.05) is 6.54 Å². The SMILES string of the molecule is CCCNC(CC1CCC1)c1snnc1C. The lowest BCUT2D eigenvalue weighted by atomic mass is 9.80. The largest absolute Gasteiger partial charge is 0.309 e. The van der Waals surface area contributed by atoms with Crippen molar-refractivity contribution in [1.29, 1.82) is 0 Å². The molecule has 1 fully saturated rings. The van der Waals surface area contributed by atoms with Crippen molar-refractivity contribution >= 4 is 11.5 Å². The van der Waals surface area contributed by atoms with Crippen LogP contribution in [-0.4, -0.2) is 16.1 Å². The van der Waals surface area contributed by atoms with Crippen molar-refractivity contribution in [2.45, 2.75) is 52.0 Å². The molecule has 1 saturated carbocycles. The number of rotatable bonds is 6. The summed E-state index contributed by atoms with van der Waals surface area (Å²) in [5, 5.41) is 7.77. The van der Waals surface area contributed by atoms with Crippen molar-refractivity contribution in [3.05, 3.63) is 10.6 Å². The fourth-order valence-electron chi connectivity index (χ4n) is 2.22. The predicted molar refractivity (Wildman–Crippen MR) is 67.6 cm³/mol. The number of aromatic nitrogens is 2. The maximum absolute atomic E-state index is 4.13. The van der Waals surface area contributed by atoms with E-state index < -0.39 is 0 Å². The fraction of sp³-hybridized carbons (Fsp3) is 0.833. The van der Waals surface area contributed by atoms with Crippen LogP contribution in [0.1, 0.15) is 55.6 Å². The van der Waals surface area contributed by atoms with Crippen molar-refractivity contribution in [1.82, 2.24) is 14.9 Å². The second-order valence-electron chi connectivity index (χ2n) is 4.76. The summed E-state index contributed by atoms with van der Waals surface area (Å²) in [6.07, 6.45) is 6.70. The zero-order valence-corrected chi connectivity index (χ0v) is 11.0. The lowest BCUT2D eigenvalue weighted by molar-refractivity contribution is 0.262. The van der Waals surface area contributed by atoms with E-state index in [9.17, 15) is 0 Å². The Kier molecular flexibility index (Phi) is 4.29. The summed E-state index contributed by atoms with van der Waals surface area (Å²) in [6, 6.07) is 0.491. The molecule has 1 N–H and O–H groups in total. The third kappa shape index (κ3) is 2.80. The average molecular weight is 239 g/mol. The quantitative estimate of drug-likeness (QED) is 0.829. The number of nitrogens with zero attached hydrogens (tertiary/aromatic N) is 2. The Balaban J connectivity index is 1.98. The second kappa shape index (κ2) is 5.73. The van der Waals surface area contributed by atoms with Gasteiger partial charge in [0, 0.05) is 6.04 Å². The summed E-state index contributed by atoms with van der Waals surface area (Å²) in [5.41, 5.74) is 1.11. The molecule has 0 aliphatic heterocycles. The molecule has 0 spiro atoms. The van der Waals surface area contributed by atoms with E-state index in [2.05, 4.69) is 28.8 Å². The monoisotopic (exact) mass is 239 g/mol. The van der Waals surface area contributed by atoms with Gasteiger partial charge in [-0.2, -0.15) is 0 Å². The first-order valence-electron chi connectivity index (χ1n) is 6.33. The van der Waals surface area contributed by atoms with Gasteiger partial charge in [-0.1, -0.05) is 30.7 Å². The van der Waals surface area contributed by atoms with Crippen molar-refractivity contribution < 1.29 is 0 Å². The lowest BCUT2D eigenvalue weighted by Crippen LogP contribution is -2.26. The Bertz CT molecular complexity index is 320. The third-order valence-electron chi connectivity index (χ3n) is 3.44. The van der Waals surface area contributed by atoms with Gasteiger partial charge < -0.3 is 5.32 Å². The molecule has 1 aliphatic rings. The smallest absolute Gasteiger partial charge is 0.0772 e. The molecule has 2 rings (SSSR count). The van der Waals surface area contributed by atoms with Crippen molar-refractivity contribution in [2.24, 2.45) is 5.92 Å². The van der Waals surface area contributed by atoms with E-state index in [1.165, 1.54) is 37.0 Å². The molecule has 1 aromatic heterocycles. The molecule has 3 nitrogen and oxygen atoms in total. The Morgan fingerprint density at radius 2 is 2.31 bits per heavy atom. The molecule has 4 heteroatoms. The number of hydrogen-bond acceptors (Lipinski definition) is 4. The maximum atomic E-state index is 4.13. The normalized spacial score (nSPS) is 18.4. The molecule has 0 aromatic carbocycles. The van der Waals surface area contributed by atoms with Crippen LogP contribution in [-0.2, 0) is 0 Å². The van der Waals surface area contributed by atoms with Crippen LogP contribution in [0.15, 0.2) is 0 Å². The Labute approximate surface area is 102 Å². The molecule has 16 heavy (non-hydrogen) atoms. The van der Waals surface area contributed by atoms with Gasteiger partial charge in [0.1, 0.15) is 0 Å². The number of hydrogen-bond donors (Lipinski definition) is 1. The van der Waals surface area contributed by atoms with Gasteiger partial charge in [0.2, 0.25) is 0 Å². The summed E-state index contributed by atoms with van der Waals surface area (Å²) in [4.78, 5) is 1.35. The Morgan fingerprint density at radius 3 is 2.81 bits per heavy atom. The third-order valence-corrected chi connectivity index (χ3v) is 4.38. The molecule has 1 heterocycles. The van der Waals surface area contributed by atoms with Crippen LogP contribution in [0.2, 0.25) is 0 Å². The van der Waals surface area contributed by atoms with E-state index in [1.807, 2.05) is 0 Å². The van der Waals surface area contributed by atoms with Crippen LogP contribution in [0.5, 0.6) is 0 Å². The summed E-state index contributed by atoms with van der Waals surface area (Å²) in [7, 11) is 0. The molecule has 0 saturated heterocycles. The molecule has 0 bridgehead atoms. The zero-order valence-electron chi connectivity index (χ0n) is 10.2. The highest BCUT2D eigenvalue weighted by atomic mass is 32.1. The summed E-state index contributed by atoms with van der Waals surface area (Å²) < 4.78 is 4.05. The van der Waals surface area contributed by atoms with Gasteiger partial charge in [0.15, 0.2) is 0 Å². The first kappa shape index (κ1) is 12.0. The van der Waals surface area contributed by atoms with Crippen LogP contribution in [0.25, 0.3) is 0 Å². The molecule has 0 amide bonds. The van der Waals surface area contributed by atoms with Crippen molar-refractivity contribution in [3.63, 3.8) is 0 Å². The molecule has 90 valence electrons. The maximum Gasteiger partial charge on any atom is 0.0772 e. The molecule has 1 atom stereocenters. The van der Waals surface area contributed by atoms with Gasteiger partial charge in [0.05, 0.1) is 10.6 Å². The minimum Gasteiger partial charge on any atom is -0.309 e. The molecular formula is C12H21N3S. The van der Waals surface area contributed by atoms with E-state index in [0.717, 1.165) is 18.2 Å².